The van der Waals surface area contributed by atoms with Crippen LogP contribution in [-0.4, -0.2) is 37.1 Å². The zero-order valence-corrected chi connectivity index (χ0v) is 16.7. The second-order valence-electron chi connectivity index (χ2n) is 6.28. The van der Waals surface area contributed by atoms with Crippen molar-refractivity contribution in [1.29, 1.82) is 0 Å². The second kappa shape index (κ2) is 7.99. The molecule has 1 aliphatic rings. The van der Waals surface area contributed by atoms with Gasteiger partial charge >= 0.3 is 6.01 Å². The highest BCUT2D eigenvalue weighted by Gasteiger charge is 2.15. The lowest BCUT2D eigenvalue weighted by Crippen LogP contribution is -2.07. The first-order chi connectivity index (χ1) is 14.4. The van der Waals surface area contributed by atoms with Gasteiger partial charge in [-0.25, -0.2) is 8.42 Å². The fraction of sp³-hybridized carbons (Fsp3) is 0.150. The van der Waals surface area contributed by atoms with Gasteiger partial charge in [-0.15, -0.1) is 5.10 Å². The van der Waals surface area contributed by atoms with Crippen molar-refractivity contribution in [3.63, 3.8) is 0 Å². The van der Waals surface area contributed by atoms with Crippen molar-refractivity contribution in [2.45, 2.75) is 11.8 Å². The molecule has 9 nitrogen and oxygen atoms in total. The van der Waals surface area contributed by atoms with Crippen LogP contribution in [0.25, 0.3) is 17.5 Å². The van der Waals surface area contributed by atoms with Gasteiger partial charge in [-0.05, 0) is 48.0 Å². The zero-order chi connectivity index (χ0) is 21.1. The molecule has 3 aromatic rings. The minimum absolute atomic E-state index is 0.0167. The molecule has 0 atom stereocenters. The van der Waals surface area contributed by atoms with Crippen LogP contribution in [0, 0.1) is 0 Å². The van der Waals surface area contributed by atoms with Gasteiger partial charge in [0.05, 0.1) is 10.6 Å². The van der Waals surface area contributed by atoms with Crippen LogP contribution in [0.2, 0.25) is 0 Å². The Labute approximate surface area is 172 Å². The Morgan fingerprint density at radius 1 is 1.10 bits per heavy atom. The van der Waals surface area contributed by atoms with E-state index in [4.69, 9.17) is 13.9 Å². The molecule has 0 saturated heterocycles. The van der Waals surface area contributed by atoms with E-state index in [9.17, 15) is 13.2 Å². The summed E-state index contributed by atoms with van der Waals surface area (Å²) in [7, 11) is -3.29. The number of amides is 1. The fourth-order valence-corrected chi connectivity index (χ4v) is 3.58. The van der Waals surface area contributed by atoms with E-state index in [1.807, 2.05) is 0 Å². The maximum Gasteiger partial charge on any atom is 0.322 e. The van der Waals surface area contributed by atoms with E-state index in [0.717, 1.165) is 5.56 Å². The Morgan fingerprint density at radius 2 is 1.87 bits per heavy atom. The molecule has 4 rings (SSSR count). The summed E-state index contributed by atoms with van der Waals surface area (Å²) < 4.78 is 39.7. The zero-order valence-electron chi connectivity index (χ0n) is 15.9. The molecule has 1 N–H and O–H groups in total. The number of hydrogen-bond acceptors (Lipinski definition) is 8. The number of carbonyl (C=O) groups is 1. The number of carbonyl (C=O) groups excluding carboxylic acids is 1. The Morgan fingerprint density at radius 3 is 2.63 bits per heavy atom. The third-order valence-electron chi connectivity index (χ3n) is 4.32. The van der Waals surface area contributed by atoms with Crippen LogP contribution in [0.1, 0.15) is 12.5 Å². The second-order valence-corrected chi connectivity index (χ2v) is 8.55. The van der Waals surface area contributed by atoms with Gasteiger partial charge < -0.3 is 13.9 Å². The average molecular weight is 427 g/mol. The molecule has 0 unspecified atom stereocenters. The minimum atomic E-state index is -3.29. The van der Waals surface area contributed by atoms with E-state index in [1.165, 1.54) is 18.2 Å². The lowest BCUT2D eigenvalue weighted by molar-refractivity contribution is -0.112. The maximum atomic E-state index is 12.1. The van der Waals surface area contributed by atoms with Gasteiger partial charge in [0, 0.05) is 11.6 Å². The first-order valence-corrected chi connectivity index (χ1v) is 10.7. The van der Waals surface area contributed by atoms with Crippen molar-refractivity contribution in [3.8, 4) is 23.0 Å². The molecule has 2 aromatic carbocycles. The van der Waals surface area contributed by atoms with Crippen LogP contribution in [0.15, 0.2) is 57.9 Å². The first-order valence-electron chi connectivity index (χ1n) is 9.00. The van der Waals surface area contributed by atoms with Crippen molar-refractivity contribution in [3.05, 3.63) is 54.1 Å². The lowest BCUT2D eigenvalue weighted by atomic mass is 10.2. The fourth-order valence-electron chi connectivity index (χ4n) is 2.70. The van der Waals surface area contributed by atoms with Crippen molar-refractivity contribution in [2.24, 2.45) is 0 Å². The van der Waals surface area contributed by atoms with Crippen LogP contribution in [0.3, 0.4) is 0 Å². The van der Waals surface area contributed by atoms with Gasteiger partial charge in [0.15, 0.2) is 21.3 Å². The normalized spacial score (nSPS) is 13.0. The molecule has 0 radical (unpaired) electrons. The molecule has 1 aliphatic heterocycles. The quantitative estimate of drug-likeness (QED) is 0.596. The molecule has 0 bridgehead atoms. The summed E-state index contributed by atoms with van der Waals surface area (Å²) >= 11 is 0. The SMILES string of the molecule is CCS(=O)(=O)c1ccc(-c2nnc(NC(=O)C=Cc3ccc4c(c3)OCO4)o2)cc1. The van der Waals surface area contributed by atoms with Gasteiger partial charge in [0.2, 0.25) is 12.7 Å². The van der Waals surface area contributed by atoms with Gasteiger partial charge in [0.25, 0.3) is 5.91 Å². The number of aromatic nitrogens is 2. The molecule has 0 saturated carbocycles. The molecule has 30 heavy (non-hydrogen) atoms. The van der Waals surface area contributed by atoms with Crippen molar-refractivity contribution in [2.75, 3.05) is 17.9 Å². The minimum Gasteiger partial charge on any atom is -0.454 e. The Hall–Kier alpha value is -3.66. The Balaban J connectivity index is 1.41. The first kappa shape index (κ1) is 19.6. The van der Waals surface area contributed by atoms with Crippen molar-refractivity contribution >= 4 is 27.8 Å². The van der Waals surface area contributed by atoms with E-state index in [2.05, 4.69) is 15.5 Å². The summed E-state index contributed by atoms with van der Waals surface area (Å²) in [5.74, 6) is 1.01. The summed E-state index contributed by atoms with van der Waals surface area (Å²) in [6, 6.07) is 11.3. The monoisotopic (exact) mass is 427 g/mol. The molecule has 154 valence electrons. The number of hydrogen-bond donors (Lipinski definition) is 1. The summed E-state index contributed by atoms with van der Waals surface area (Å²) in [6.45, 7) is 1.76. The number of fused-ring (bicyclic) bond motifs is 1. The Kier molecular flexibility index (Phi) is 5.23. The molecule has 2 heterocycles. The highest BCUT2D eigenvalue weighted by Crippen LogP contribution is 2.32. The summed E-state index contributed by atoms with van der Waals surface area (Å²) in [5.41, 5.74) is 1.30. The van der Waals surface area contributed by atoms with E-state index in [0.29, 0.717) is 17.1 Å². The topological polar surface area (TPSA) is 121 Å². The summed E-state index contributed by atoms with van der Waals surface area (Å²) in [6.07, 6.45) is 2.94. The number of benzene rings is 2. The molecule has 10 heteroatoms. The number of nitrogens with one attached hydrogen (secondary N) is 1. The largest absolute Gasteiger partial charge is 0.454 e. The Bertz CT molecular complexity index is 1220. The lowest BCUT2D eigenvalue weighted by Gasteiger charge is -2.01. The van der Waals surface area contributed by atoms with Crippen LogP contribution < -0.4 is 14.8 Å². The van der Waals surface area contributed by atoms with Crippen LogP contribution >= 0.6 is 0 Å². The highest BCUT2D eigenvalue weighted by molar-refractivity contribution is 7.91. The van der Waals surface area contributed by atoms with Crippen LogP contribution in [-0.2, 0) is 14.6 Å². The smallest absolute Gasteiger partial charge is 0.322 e. The van der Waals surface area contributed by atoms with Gasteiger partial charge in [-0.1, -0.05) is 18.1 Å². The van der Waals surface area contributed by atoms with E-state index in [-0.39, 0.29) is 29.3 Å². The van der Waals surface area contributed by atoms with Gasteiger partial charge in [-0.2, -0.15) is 0 Å². The molecular weight excluding hydrogens is 410 g/mol. The molecule has 0 aliphatic carbocycles. The standard InChI is InChI=1S/C20H17N3O6S/c1-2-30(25,26)15-7-5-14(6-8-15)19-22-23-20(29-19)21-18(24)10-4-13-3-9-16-17(11-13)28-12-27-16/h3-11H,2,12H2,1H3,(H,21,23,24). The molecule has 0 fully saturated rings. The predicted molar refractivity (Wildman–Crippen MR) is 108 cm³/mol. The molecular formula is C20H17N3O6S. The highest BCUT2D eigenvalue weighted by atomic mass is 32.2. The van der Waals surface area contributed by atoms with Crippen molar-refractivity contribution in [1.82, 2.24) is 10.2 Å². The third-order valence-corrected chi connectivity index (χ3v) is 6.07. The van der Waals surface area contributed by atoms with Gasteiger partial charge in [-0.3, -0.25) is 10.1 Å². The average Bonchev–Trinajstić information content (AvgIpc) is 3.41. The van der Waals surface area contributed by atoms with Crippen LogP contribution in [0.4, 0.5) is 6.01 Å². The number of rotatable bonds is 6. The van der Waals surface area contributed by atoms with E-state index in [1.54, 1.807) is 43.3 Å². The molecule has 1 amide bonds. The number of nitrogens with zero attached hydrogens (tertiary/aromatic N) is 2. The predicted octanol–water partition coefficient (Wildman–Crippen LogP) is 2.91. The van der Waals surface area contributed by atoms with Crippen LogP contribution in [0.5, 0.6) is 11.5 Å². The summed E-state index contributed by atoms with van der Waals surface area (Å²) in [4.78, 5) is 12.3. The van der Waals surface area contributed by atoms with Crippen molar-refractivity contribution < 1.29 is 27.1 Å². The number of anilines is 1. The summed E-state index contributed by atoms with van der Waals surface area (Å²) in [5, 5.41) is 10.1. The third kappa shape index (κ3) is 4.18. The maximum absolute atomic E-state index is 12.1. The molecule has 0 spiro atoms. The van der Waals surface area contributed by atoms with Gasteiger partial charge in [0.1, 0.15) is 0 Å². The van der Waals surface area contributed by atoms with E-state index >= 15 is 0 Å². The number of ether oxygens (including phenoxy) is 2. The number of sulfone groups is 1. The van der Waals surface area contributed by atoms with E-state index < -0.39 is 15.7 Å². The molecule has 1 aromatic heterocycles.